The smallest absolute Gasteiger partial charge is 0.339 e. The van der Waals surface area contributed by atoms with E-state index in [-0.39, 0.29) is 0 Å². The Morgan fingerprint density at radius 3 is 2.19 bits per heavy atom. The van der Waals surface area contributed by atoms with Gasteiger partial charge in [0.1, 0.15) is 5.75 Å². The van der Waals surface area contributed by atoms with Crippen LogP contribution in [0.25, 0.3) is 21.9 Å². The summed E-state index contributed by atoms with van der Waals surface area (Å²) in [6, 6.07) is 16.2. The summed E-state index contributed by atoms with van der Waals surface area (Å²) in [7, 11) is 4.19. The van der Waals surface area contributed by atoms with E-state index < -0.39 is 11.9 Å². The molecule has 0 saturated carbocycles. The van der Waals surface area contributed by atoms with Crippen molar-refractivity contribution in [2.45, 2.75) is 0 Å². The molecule has 3 aromatic carbocycles. The Hall–Kier alpha value is -3.34. The van der Waals surface area contributed by atoms with Crippen molar-refractivity contribution in [2.24, 2.45) is 0 Å². The topological polar surface area (TPSA) is 61.8 Å². The Bertz CT molecular complexity index is 991. The van der Waals surface area contributed by atoms with Crippen molar-refractivity contribution in [2.75, 3.05) is 21.3 Å². The molecule has 0 atom stereocenters. The van der Waals surface area contributed by atoms with E-state index in [4.69, 9.17) is 14.2 Å². The summed E-state index contributed by atoms with van der Waals surface area (Å²) >= 11 is 0. The SMILES string of the molecule is COC(=O)c1ccc(OC)cc1-c1ccc2ccccc2c1C(=O)OC. The Balaban J connectivity index is 2.38. The van der Waals surface area contributed by atoms with E-state index in [0.717, 1.165) is 10.8 Å². The van der Waals surface area contributed by atoms with Crippen LogP contribution in [0, 0.1) is 0 Å². The molecule has 0 spiro atoms. The Morgan fingerprint density at radius 2 is 1.50 bits per heavy atom. The summed E-state index contributed by atoms with van der Waals surface area (Å²) in [5.74, 6) is -0.404. The zero-order valence-electron chi connectivity index (χ0n) is 14.7. The van der Waals surface area contributed by atoms with Gasteiger partial charge in [0.05, 0.1) is 32.5 Å². The molecule has 0 bridgehead atoms. The van der Waals surface area contributed by atoms with Gasteiger partial charge in [-0.2, -0.15) is 0 Å². The number of esters is 2. The molecule has 0 saturated heterocycles. The molecule has 0 radical (unpaired) electrons. The van der Waals surface area contributed by atoms with Crippen molar-refractivity contribution in [1.29, 1.82) is 0 Å². The molecule has 0 N–H and O–H groups in total. The minimum Gasteiger partial charge on any atom is -0.497 e. The van der Waals surface area contributed by atoms with Gasteiger partial charge in [0, 0.05) is 5.56 Å². The predicted molar refractivity (Wildman–Crippen MR) is 98.6 cm³/mol. The number of benzene rings is 3. The van der Waals surface area contributed by atoms with Gasteiger partial charge in [-0.05, 0) is 34.5 Å². The second-order valence-electron chi connectivity index (χ2n) is 5.60. The van der Waals surface area contributed by atoms with Gasteiger partial charge < -0.3 is 14.2 Å². The molecule has 3 aromatic rings. The minimum atomic E-state index is -0.494. The van der Waals surface area contributed by atoms with Gasteiger partial charge in [-0.15, -0.1) is 0 Å². The maximum absolute atomic E-state index is 12.6. The fourth-order valence-electron chi connectivity index (χ4n) is 2.98. The van der Waals surface area contributed by atoms with Crippen LogP contribution in [0.4, 0.5) is 0 Å². The second-order valence-corrected chi connectivity index (χ2v) is 5.60. The molecule has 3 rings (SSSR count). The summed E-state index contributed by atoms with van der Waals surface area (Å²) in [6.07, 6.45) is 0. The Morgan fingerprint density at radius 1 is 0.769 bits per heavy atom. The van der Waals surface area contributed by atoms with E-state index in [9.17, 15) is 9.59 Å². The van der Waals surface area contributed by atoms with Crippen molar-refractivity contribution in [3.8, 4) is 16.9 Å². The molecule has 0 aliphatic rings. The Labute approximate surface area is 151 Å². The molecule has 0 fully saturated rings. The van der Waals surface area contributed by atoms with Gasteiger partial charge in [0.2, 0.25) is 0 Å². The minimum absolute atomic E-state index is 0.341. The summed E-state index contributed by atoms with van der Waals surface area (Å²) in [5.41, 5.74) is 1.86. The summed E-state index contributed by atoms with van der Waals surface area (Å²) in [4.78, 5) is 24.8. The first-order chi connectivity index (χ1) is 12.6. The van der Waals surface area contributed by atoms with Crippen LogP contribution in [0.2, 0.25) is 0 Å². The normalized spacial score (nSPS) is 10.4. The summed E-state index contributed by atoms with van der Waals surface area (Å²) in [5, 5.41) is 1.65. The average Bonchev–Trinajstić information content (AvgIpc) is 2.71. The Kier molecular flexibility index (Phi) is 4.89. The van der Waals surface area contributed by atoms with E-state index >= 15 is 0 Å². The largest absolute Gasteiger partial charge is 0.497 e. The molecule has 0 aromatic heterocycles. The van der Waals surface area contributed by atoms with Gasteiger partial charge in [-0.25, -0.2) is 9.59 Å². The fraction of sp³-hybridized carbons (Fsp3) is 0.143. The van der Waals surface area contributed by atoms with Crippen LogP contribution in [0.1, 0.15) is 20.7 Å². The van der Waals surface area contributed by atoms with E-state index in [1.807, 2.05) is 30.3 Å². The van der Waals surface area contributed by atoms with E-state index in [2.05, 4.69) is 0 Å². The molecule has 5 heteroatoms. The molecule has 0 aliphatic carbocycles. The monoisotopic (exact) mass is 350 g/mol. The van der Waals surface area contributed by atoms with Gasteiger partial charge in [-0.3, -0.25) is 0 Å². The number of fused-ring (bicyclic) bond motifs is 1. The van der Waals surface area contributed by atoms with Crippen molar-refractivity contribution < 1.29 is 23.8 Å². The third-order valence-corrected chi connectivity index (χ3v) is 4.24. The second kappa shape index (κ2) is 7.27. The van der Waals surface area contributed by atoms with Crippen LogP contribution >= 0.6 is 0 Å². The van der Waals surface area contributed by atoms with Crippen LogP contribution in [0.5, 0.6) is 5.75 Å². The van der Waals surface area contributed by atoms with Gasteiger partial charge in [-0.1, -0.05) is 36.4 Å². The van der Waals surface area contributed by atoms with Crippen LogP contribution in [-0.2, 0) is 9.47 Å². The lowest BCUT2D eigenvalue weighted by Gasteiger charge is -2.15. The number of rotatable bonds is 4. The molecule has 0 amide bonds. The summed E-state index contributed by atoms with van der Waals surface area (Å²) < 4.78 is 15.2. The first-order valence-electron chi connectivity index (χ1n) is 7.97. The number of hydrogen-bond donors (Lipinski definition) is 0. The molecule has 0 unspecified atom stereocenters. The fourth-order valence-corrected chi connectivity index (χ4v) is 2.98. The van der Waals surface area contributed by atoms with Crippen molar-refractivity contribution in [3.63, 3.8) is 0 Å². The quantitative estimate of drug-likeness (QED) is 0.663. The lowest BCUT2D eigenvalue weighted by molar-refractivity contribution is 0.0591. The van der Waals surface area contributed by atoms with Crippen molar-refractivity contribution >= 4 is 22.7 Å². The van der Waals surface area contributed by atoms with Gasteiger partial charge in [0.15, 0.2) is 0 Å². The maximum Gasteiger partial charge on any atom is 0.339 e. The first kappa shape index (κ1) is 17.5. The van der Waals surface area contributed by atoms with E-state index in [1.54, 1.807) is 31.4 Å². The van der Waals surface area contributed by atoms with E-state index in [0.29, 0.717) is 28.0 Å². The van der Waals surface area contributed by atoms with Gasteiger partial charge in [0.25, 0.3) is 0 Å². The molecule has 132 valence electrons. The highest BCUT2D eigenvalue weighted by Gasteiger charge is 2.22. The van der Waals surface area contributed by atoms with Crippen molar-refractivity contribution in [1.82, 2.24) is 0 Å². The van der Waals surface area contributed by atoms with Gasteiger partial charge >= 0.3 is 11.9 Å². The third-order valence-electron chi connectivity index (χ3n) is 4.24. The molecule has 0 aliphatic heterocycles. The third kappa shape index (κ3) is 2.99. The molecular formula is C21H18O5. The summed E-state index contributed by atoms with van der Waals surface area (Å²) in [6.45, 7) is 0. The molecule has 26 heavy (non-hydrogen) atoms. The van der Waals surface area contributed by atoms with Crippen LogP contribution in [-0.4, -0.2) is 33.3 Å². The number of carbonyl (C=O) groups excluding carboxylic acids is 2. The molecule has 0 heterocycles. The highest BCUT2D eigenvalue weighted by Crippen LogP contribution is 2.35. The lowest BCUT2D eigenvalue weighted by atomic mass is 9.91. The predicted octanol–water partition coefficient (Wildman–Crippen LogP) is 4.09. The van der Waals surface area contributed by atoms with Crippen molar-refractivity contribution in [3.05, 3.63) is 65.7 Å². The zero-order valence-corrected chi connectivity index (χ0v) is 14.7. The lowest BCUT2D eigenvalue weighted by Crippen LogP contribution is -2.08. The first-order valence-corrected chi connectivity index (χ1v) is 7.97. The zero-order chi connectivity index (χ0) is 18.7. The highest BCUT2D eigenvalue weighted by molar-refractivity contribution is 6.12. The number of ether oxygens (including phenoxy) is 3. The standard InChI is InChI=1S/C21H18O5/c1-24-14-9-11-17(20(22)25-2)18(12-14)16-10-8-13-6-4-5-7-15(13)19(16)21(23)26-3/h4-12H,1-3H3. The molecule has 5 nitrogen and oxygen atoms in total. The number of methoxy groups -OCH3 is 3. The average molecular weight is 350 g/mol. The van der Waals surface area contributed by atoms with Crippen LogP contribution in [0.15, 0.2) is 54.6 Å². The van der Waals surface area contributed by atoms with E-state index in [1.165, 1.54) is 14.2 Å². The molecular weight excluding hydrogens is 332 g/mol. The number of carbonyl (C=O) groups is 2. The van der Waals surface area contributed by atoms with Crippen LogP contribution in [0.3, 0.4) is 0 Å². The number of hydrogen-bond acceptors (Lipinski definition) is 5. The maximum atomic E-state index is 12.6. The van der Waals surface area contributed by atoms with Crippen LogP contribution < -0.4 is 4.74 Å². The highest BCUT2D eigenvalue weighted by atomic mass is 16.5.